The van der Waals surface area contributed by atoms with Gasteiger partial charge >= 0.3 is 0 Å². The minimum absolute atomic E-state index is 0.386. The summed E-state index contributed by atoms with van der Waals surface area (Å²) >= 11 is 0. The Morgan fingerprint density at radius 2 is 2.28 bits per heavy atom. The summed E-state index contributed by atoms with van der Waals surface area (Å²) in [6.07, 6.45) is 7.81. The lowest BCUT2D eigenvalue weighted by Gasteiger charge is -2.17. The fraction of sp³-hybridized carbons (Fsp3) is 0.467. The van der Waals surface area contributed by atoms with Crippen LogP contribution in [0.3, 0.4) is 0 Å². The average molecular weight is 242 g/mol. The maximum absolute atomic E-state index is 5.52. The lowest BCUT2D eigenvalue weighted by atomic mass is 9.91. The van der Waals surface area contributed by atoms with E-state index in [2.05, 4.69) is 34.0 Å². The molecule has 1 aromatic heterocycles. The van der Waals surface area contributed by atoms with Gasteiger partial charge in [0.25, 0.3) is 0 Å². The molecule has 3 heteroatoms. The maximum Gasteiger partial charge on any atom is 0.217 e. The summed E-state index contributed by atoms with van der Waals surface area (Å²) in [6, 6.07) is 1.95. The van der Waals surface area contributed by atoms with Gasteiger partial charge in [0, 0.05) is 12.0 Å². The Morgan fingerprint density at radius 3 is 3.00 bits per heavy atom. The third-order valence-electron chi connectivity index (χ3n) is 2.99. The van der Waals surface area contributed by atoms with Crippen LogP contribution < -0.4 is 4.74 Å². The zero-order valence-electron chi connectivity index (χ0n) is 10.9. The van der Waals surface area contributed by atoms with E-state index < -0.39 is 0 Å². The first kappa shape index (κ1) is 12.6. The van der Waals surface area contributed by atoms with Gasteiger partial charge in [0.05, 0.1) is 5.69 Å². The highest BCUT2D eigenvalue weighted by atomic mass is 16.5. The van der Waals surface area contributed by atoms with Crippen LogP contribution in [0.1, 0.15) is 43.6 Å². The molecule has 0 fully saturated rings. The highest BCUT2D eigenvalue weighted by Crippen LogP contribution is 2.29. The van der Waals surface area contributed by atoms with Crippen LogP contribution in [0, 0.1) is 18.8 Å². The highest BCUT2D eigenvalue weighted by molar-refractivity contribution is 5.21. The van der Waals surface area contributed by atoms with Gasteiger partial charge in [0.2, 0.25) is 5.88 Å². The van der Waals surface area contributed by atoms with E-state index in [1.54, 1.807) is 6.92 Å². The van der Waals surface area contributed by atoms with Crippen molar-refractivity contribution < 1.29 is 4.74 Å². The van der Waals surface area contributed by atoms with E-state index in [0.717, 1.165) is 30.8 Å². The van der Waals surface area contributed by atoms with Crippen molar-refractivity contribution in [1.82, 2.24) is 9.97 Å². The lowest BCUT2D eigenvalue weighted by molar-refractivity contribution is 0.352. The fourth-order valence-electron chi connectivity index (χ4n) is 2.09. The van der Waals surface area contributed by atoms with E-state index >= 15 is 0 Å². The van der Waals surface area contributed by atoms with Crippen LogP contribution in [0.15, 0.2) is 18.2 Å². The largest absolute Gasteiger partial charge is 0.464 e. The van der Waals surface area contributed by atoms with Gasteiger partial charge in [0.1, 0.15) is 5.82 Å². The first-order valence-electron chi connectivity index (χ1n) is 6.32. The molecule has 0 bridgehead atoms. The number of hydrogen-bond acceptors (Lipinski definition) is 3. The number of hydrogen-bond donors (Lipinski definition) is 0. The van der Waals surface area contributed by atoms with Crippen molar-refractivity contribution in [3.05, 3.63) is 29.7 Å². The Kier molecular flexibility index (Phi) is 4.35. The minimum Gasteiger partial charge on any atom is -0.464 e. The van der Waals surface area contributed by atoms with Crippen LogP contribution in [0.5, 0.6) is 5.88 Å². The molecule has 3 nitrogen and oxygen atoms in total. The molecule has 1 aliphatic rings. The van der Waals surface area contributed by atoms with Crippen molar-refractivity contribution in [2.45, 2.75) is 39.0 Å². The Morgan fingerprint density at radius 1 is 1.39 bits per heavy atom. The van der Waals surface area contributed by atoms with Crippen LogP contribution in [-0.2, 0) is 0 Å². The molecule has 1 unspecified atom stereocenters. The Balaban J connectivity index is 2.14. The molecule has 2 rings (SSSR count). The third-order valence-corrected chi connectivity index (χ3v) is 2.99. The molecule has 18 heavy (non-hydrogen) atoms. The van der Waals surface area contributed by atoms with Crippen LogP contribution in [-0.4, -0.2) is 16.6 Å². The molecule has 0 amide bonds. The summed E-state index contributed by atoms with van der Waals surface area (Å²) in [5.41, 5.74) is 1.09. The maximum atomic E-state index is 5.52. The highest BCUT2D eigenvalue weighted by Gasteiger charge is 2.15. The molecule has 94 valence electrons. The van der Waals surface area contributed by atoms with Crippen molar-refractivity contribution in [1.29, 1.82) is 0 Å². The van der Waals surface area contributed by atoms with Crippen molar-refractivity contribution in [2.24, 2.45) is 0 Å². The Labute approximate surface area is 108 Å². The molecule has 0 saturated carbocycles. The number of allylic oxidation sites excluding steroid dienone is 2. The SMILES string of the molecule is CC#CCOc1cc(C2CC=CCC2)nc(C)n1. The summed E-state index contributed by atoms with van der Waals surface area (Å²) in [5, 5.41) is 0. The van der Waals surface area contributed by atoms with E-state index in [4.69, 9.17) is 4.74 Å². The molecule has 0 radical (unpaired) electrons. The molecule has 0 saturated heterocycles. The van der Waals surface area contributed by atoms with Gasteiger partial charge in [-0.15, -0.1) is 5.92 Å². The number of nitrogens with zero attached hydrogens (tertiary/aromatic N) is 2. The molecule has 1 aromatic rings. The Bertz CT molecular complexity index is 497. The molecule has 0 spiro atoms. The molecular formula is C15H18N2O. The van der Waals surface area contributed by atoms with Crippen LogP contribution in [0.25, 0.3) is 0 Å². The second-order valence-corrected chi connectivity index (χ2v) is 4.38. The first-order valence-corrected chi connectivity index (χ1v) is 6.32. The van der Waals surface area contributed by atoms with E-state index in [1.807, 2.05) is 13.0 Å². The normalized spacial score (nSPS) is 18.0. The number of ether oxygens (including phenoxy) is 1. The van der Waals surface area contributed by atoms with Crippen LogP contribution >= 0.6 is 0 Å². The van der Waals surface area contributed by atoms with E-state index in [1.165, 1.54) is 0 Å². The number of aromatic nitrogens is 2. The molecular weight excluding hydrogens is 224 g/mol. The molecule has 1 heterocycles. The number of rotatable bonds is 3. The molecule has 1 aliphatic carbocycles. The summed E-state index contributed by atoms with van der Waals surface area (Å²) in [6.45, 7) is 4.09. The topological polar surface area (TPSA) is 35.0 Å². The van der Waals surface area contributed by atoms with Crippen molar-refractivity contribution in [3.63, 3.8) is 0 Å². The van der Waals surface area contributed by atoms with Gasteiger partial charge < -0.3 is 4.74 Å². The van der Waals surface area contributed by atoms with Crippen LogP contribution in [0.2, 0.25) is 0 Å². The minimum atomic E-state index is 0.386. The van der Waals surface area contributed by atoms with Crippen molar-refractivity contribution >= 4 is 0 Å². The second kappa shape index (κ2) is 6.20. The monoisotopic (exact) mass is 242 g/mol. The molecule has 1 atom stereocenters. The van der Waals surface area contributed by atoms with Gasteiger partial charge in [0.15, 0.2) is 6.61 Å². The zero-order valence-corrected chi connectivity index (χ0v) is 10.9. The standard InChI is InChI=1S/C15H18N2O/c1-3-4-10-18-15-11-14(16-12(2)17-15)13-8-6-5-7-9-13/h5-6,11,13H,7-10H2,1-2H3. The quantitative estimate of drug-likeness (QED) is 0.603. The zero-order chi connectivity index (χ0) is 12.8. The summed E-state index contributed by atoms with van der Waals surface area (Å²) < 4.78 is 5.52. The van der Waals surface area contributed by atoms with E-state index in [9.17, 15) is 0 Å². The van der Waals surface area contributed by atoms with Gasteiger partial charge in [-0.1, -0.05) is 18.1 Å². The predicted molar refractivity (Wildman–Crippen MR) is 71.4 cm³/mol. The number of aryl methyl sites for hydroxylation is 1. The summed E-state index contributed by atoms with van der Waals surface area (Å²) in [7, 11) is 0. The first-order chi connectivity index (χ1) is 8.79. The van der Waals surface area contributed by atoms with Crippen molar-refractivity contribution in [3.8, 4) is 17.7 Å². The fourth-order valence-corrected chi connectivity index (χ4v) is 2.09. The Hall–Kier alpha value is -1.82. The summed E-state index contributed by atoms with van der Waals surface area (Å²) in [5.74, 6) is 7.57. The lowest BCUT2D eigenvalue weighted by Crippen LogP contribution is -2.07. The van der Waals surface area contributed by atoms with Gasteiger partial charge in [-0.3, -0.25) is 0 Å². The van der Waals surface area contributed by atoms with Gasteiger partial charge in [-0.25, -0.2) is 4.98 Å². The average Bonchev–Trinajstić information content (AvgIpc) is 2.39. The van der Waals surface area contributed by atoms with Crippen molar-refractivity contribution in [2.75, 3.05) is 6.61 Å². The molecule has 0 aliphatic heterocycles. The molecule has 0 N–H and O–H groups in total. The summed E-state index contributed by atoms with van der Waals surface area (Å²) in [4.78, 5) is 8.81. The smallest absolute Gasteiger partial charge is 0.217 e. The third kappa shape index (κ3) is 3.33. The second-order valence-electron chi connectivity index (χ2n) is 4.38. The van der Waals surface area contributed by atoms with Gasteiger partial charge in [-0.05, 0) is 33.1 Å². The van der Waals surface area contributed by atoms with E-state index in [-0.39, 0.29) is 0 Å². The van der Waals surface area contributed by atoms with E-state index in [0.29, 0.717) is 18.4 Å². The molecule has 0 aromatic carbocycles. The predicted octanol–water partition coefficient (Wildman–Crippen LogP) is 3.01. The van der Waals surface area contributed by atoms with Gasteiger partial charge in [-0.2, -0.15) is 4.98 Å². The van der Waals surface area contributed by atoms with Crippen LogP contribution in [0.4, 0.5) is 0 Å².